The average molecular weight is 660 g/mol. The number of carbonyl (C=O) groups excluding carboxylic acids is 2. The maximum absolute atomic E-state index is 15.0. The number of hydrogen-bond acceptors (Lipinski definition) is 6. The van der Waals surface area contributed by atoms with Crippen LogP contribution in [0.3, 0.4) is 0 Å². The molecule has 1 N–H and O–H groups in total. The fraction of sp³-hybridized carbons (Fsp3) is 0.556. The maximum atomic E-state index is 15.0. The van der Waals surface area contributed by atoms with E-state index in [2.05, 4.69) is 38.3 Å². The molecule has 2 saturated heterocycles. The van der Waals surface area contributed by atoms with Gasteiger partial charge in [-0.25, -0.2) is 4.72 Å². The third kappa shape index (κ3) is 4.83. The van der Waals surface area contributed by atoms with Gasteiger partial charge in [0.25, 0.3) is 5.91 Å². The van der Waals surface area contributed by atoms with Gasteiger partial charge in [-0.2, -0.15) is 12.7 Å². The lowest BCUT2D eigenvalue weighted by Crippen LogP contribution is -2.57. The zero-order valence-corrected chi connectivity index (χ0v) is 28.6. The summed E-state index contributed by atoms with van der Waals surface area (Å²) in [5, 5.41) is 1.09. The van der Waals surface area contributed by atoms with Gasteiger partial charge < -0.3 is 19.1 Å². The molecule has 2 unspecified atom stereocenters. The molecular formula is C36H45N5O5S. The molecule has 0 spiro atoms. The summed E-state index contributed by atoms with van der Waals surface area (Å²) in [6.45, 7) is 2.34. The molecule has 2 bridgehead atoms. The summed E-state index contributed by atoms with van der Waals surface area (Å²) >= 11 is 0. The Labute approximate surface area is 277 Å². The number of ether oxygens (including phenoxy) is 1. The van der Waals surface area contributed by atoms with Gasteiger partial charge in [0.15, 0.2) is 0 Å². The average Bonchev–Trinajstić information content (AvgIpc) is 3.64. The summed E-state index contributed by atoms with van der Waals surface area (Å²) in [6.07, 6.45) is 8.64. The predicted octanol–water partition coefficient (Wildman–Crippen LogP) is 4.69. The Morgan fingerprint density at radius 2 is 1.70 bits per heavy atom. The quantitative estimate of drug-likeness (QED) is 0.412. The van der Waals surface area contributed by atoms with Crippen LogP contribution in [0.4, 0.5) is 0 Å². The zero-order chi connectivity index (χ0) is 32.8. The number of hydrogen-bond donors (Lipinski definition) is 1. The van der Waals surface area contributed by atoms with Crippen molar-refractivity contribution < 1.29 is 22.7 Å². The first-order chi connectivity index (χ1) is 22.5. The summed E-state index contributed by atoms with van der Waals surface area (Å²) in [4.78, 5) is 33.0. The number of methoxy groups -OCH3 is 1. The lowest BCUT2D eigenvalue weighted by molar-refractivity contribution is -0.143. The first kappa shape index (κ1) is 30.9. The lowest BCUT2D eigenvalue weighted by atomic mass is 9.81. The van der Waals surface area contributed by atoms with Crippen molar-refractivity contribution in [1.29, 1.82) is 0 Å². The Hall–Kier alpha value is -3.41. The molecule has 4 heterocycles. The van der Waals surface area contributed by atoms with Gasteiger partial charge >= 0.3 is 10.2 Å². The number of carbonyl (C=O) groups is 2. The molecule has 250 valence electrons. The van der Waals surface area contributed by atoms with Crippen LogP contribution in [-0.4, -0.2) is 92.3 Å². The predicted molar refractivity (Wildman–Crippen MR) is 181 cm³/mol. The van der Waals surface area contributed by atoms with Gasteiger partial charge in [0, 0.05) is 73.8 Å². The number of nitrogens with one attached hydrogen (secondary N) is 1. The van der Waals surface area contributed by atoms with Crippen LogP contribution in [0.25, 0.3) is 22.2 Å². The number of fused-ring (bicyclic) bond motifs is 9. The van der Waals surface area contributed by atoms with E-state index in [4.69, 9.17) is 4.74 Å². The summed E-state index contributed by atoms with van der Waals surface area (Å²) < 4.78 is 36.4. The standard InChI is InChI=1S/C36H45N5O5S/c1-38(2)47(44,45)37-34(42)23-10-14-28-31(16-23)40-21-36(35(43)41-24-11-12-25(41)20-39(3)19-24)18-30(36)29-17-26(46-4)13-15-27(29)33(40)32(28)22-8-6-5-7-9-22/h10,13-17,22,24-25,30H,5-9,11-12,18-21H2,1-4H3,(H,37,42)/t24?,25?,30-,36-/m1/s1. The molecule has 10 nitrogen and oxygen atoms in total. The van der Waals surface area contributed by atoms with Crippen LogP contribution >= 0.6 is 0 Å². The molecule has 2 aromatic carbocycles. The second kappa shape index (κ2) is 11.1. The van der Waals surface area contributed by atoms with Crippen LogP contribution in [0.15, 0.2) is 36.4 Å². The van der Waals surface area contributed by atoms with Gasteiger partial charge in [0.2, 0.25) is 5.91 Å². The maximum Gasteiger partial charge on any atom is 0.303 e. The van der Waals surface area contributed by atoms with Gasteiger partial charge in [-0.05, 0) is 86.5 Å². The van der Waals surface area contributed by atoms with Gasteiger partial charge in [0.05, 0.1) is 18.2 Å². The van der Waals surface area contributed by atoms with Gasteiger partial charge in [-0.15, -0.1) is 0 Å². The molecule has 3 aromatic rings. The van der Waals surface area contributed by atoms with Crippen LogP contribution < -0.4 is 9.46 Å². The zero-order valence-electron chi connectivity index (χ0n) is 27.8. The fourth-order valence-corrected chi connectivity index (χ4v) is 9.93. The van der Waals surface area contributed by atoms with E-state index in [-0.39, 0.29) is 29.5 Å². The first-order valence-electron chi connectivity index (χ1n) is 17.1. The normalized spacial score (nSPS) is 27.3. The van der Waals surface area contributed by atoms with E-state index in [0.717, 1.165) is 77.4 Å². The minimum atomic E-state index is -3.96. The lowest BCUT2D eigenvalue weighted by Gasteiger charge is -2.41. The van der Waals surface area contributed by atoms with E-state index in [9.17, 15) is 18.0 Å². The summed E-state index contributed by atoms with van der Waals surface area (Å²) in [7, 11) is 2.67. The number of benzene rings is 2. The Bertz CT molecular complexity index is 1880. The van der Waals surface area contributed by atoms with Crippen molar-refractivity contribution in [3.63, 3.8) is 0 Å². The van der Waals surface area contributed by atoms with E-state index in [0.29, 0.717) is 12.5 Å². The molecule has 3 aliphatic heterocycles. The Balaban J connectivity index is 1.32. The molecule has 11 heteroatoms. The number of piperazine rings is 1. The number of amides is 2. The van der Waals surface area contributed by atoms with Crippen LogP contribution in [0.1, 0.15) is 84.7 Å². The molecule has 2 amide bonds. The van der Waals surface area contributed by atoms with Crippen molar-refractivity contribution in [3.8, 4) is 17.0 Å². The second-order valence-electron chi connectivity index (χ2n) is 14.8. The highest BCUT2D eigenvalue weighted by molar-refractivity contribution is 7.87. The summed E-state index contributed by atoms with van der Waals surface area (Å²) in [5.41, 5.74) is 5.33. The van der Waals surface area contributed by atoms with Crippen LogP contribution in [0, 0.1) is 5.41 Å². The van der Waals surface area contributed by atoms with Gasteiger partial charge in [-0.3, -0.25) is 9.59 Å². The van der Waals surface area contributed by atoms with E-state index >= 15 is 0 Å². The summed E-state index contributed by atoms with van der Waals surface area (Å²) in [5.74, 6) is 0.822. The Morgan fingerprint density at radius 3 is 2.38 bits per heavy atom. The second-order valence-corrected chi connectivity index (χ2v) is 16.7. The highest BCUT2D eigenvalue weighted by Crippen LogP contribution is 2.66. The SMILES string of the molecule is COc1ccc2c(c1)[C@H]1C[C@@]1(C(=O)N1C3CCC1CN(C)C3)Cn1c-2c(C2CCCCC2)c2ccc(C(=O)NS(=O)(=O)N(C)C)cc21. The number of nitrogens with zero attached hydrogens (tertiary/aromatic N) is 4. The van der Waals surface area contributed by atoms with Crippen LogP contribution in [0.5, 0.6) is 5.75 Å². The largest absolute Gasteiger partial charge is 0.497 e. The number of likely N-dealkylation sites (N-methyl/N-ethyl adjacent to an activating group) is 1. The molecule has 4 atom stereocenters. The van der Waals surface area contributed by atoms with Crippen molar-refractivity contribution in [1.82, 2.24) is 23.4 Å². The number of likely N-dealkylation sites (tertiary alicyclic amines) is 1. The minimum Gasteiger partial charge on any atom is -0.497 e. The van der Waals surface area contributed by atoms with Gasteiger partial charge in [0.1, 0.15) is 5.75 Å². The van der Waals surface area contributed by atoms with E-state index in [1.54, 1.807) is 13.2 Å². The van der Waals surface area contributed by atoms with E-state index in [1.807, 2.05) is 18.2 Å². The minimum absolute atomic E-state index is 0.0741. The molecule has 4 fully saturated rings. The van der Waals surface area contributed by atoms with Crippen LogP contribution in [0.2, 0.25) is 0 Å². The molecule has 1 aromatic heterocycles. The third-order valence-electron chi connectivity index (χ3n) is 11.8. The molecule has 5 aliphatic rings. The first-order valence-corrected chi connectivity index (χ1v) is 18.6. The van der Waals surface area contributed by atoms with E-state index in [1.165, 1.54) is 44.5 Å². The highest BCUT2D eigenvalue weighted by atomic mass is 32.2. The number of aromatic nitrogens is 1. The fourth-order valence-electron chi connectivity index (χ4n) is 9.39. The molecular weight excluding hydrogens is 614 g/mol. The molecule has 47 heavy (non-hydrogen) atoms. The number of rotatable bonds is 6. The van der Waals surface area contributed by atoms with Gasteiger partial charge in [-0.1, -0.05) is 25.3 Å². The Morgan fingerprint density at radius 1 is 0.979 bits per heavy atom. The molecule has 2 aliphatic carbocycles. The van der Waals surface area contributed by atoms with Crippen molar-refractivity contribution in [3.05, 3.63) is 53.1 Å². The highest BCUT2D eigenvalue weighted by Gasteiger charge is 2.65. The monoisotopic (exact) mass is 659 g/mol. The summed E-state index contributed by atoms with van der Waals surface area (Å²) in [6, 6.07) is 12.4. The van der Waals surface area contributed by atoms with E-state index < -0.39 is 21.5 Å². The molecule has 8 rings (SSSR count). The smallest absolute Gasteiger partial charge is 0.303 e. The third-order valence-corrected chi connectivity index (χ3v) is 13.2. The molecule has 2 saturated carbocycles. The van der Waals surface area contributed by atoms with Crippen molar-refractivity contribution >= 4 is 32.9 Å². The Kier molecular flexibility index (Phi) is 7.27. The van der Waals surface area contributed by atoms with Crippen molar-refractivity contribution in [2.24, 2.45) is 5.41 Å². The van der Waals surface area contributed by atoms with Crippen LogP contribution in [-0.2, 0) is 21.5 Å². The topological polar surface area (TPSA) is 104 Å². The molecule has 0 radical (unpaired) electrons. The van der Waals surface area contributed by atoms with Crippen molar-refractivity contribution in [2.75, 3.05) is 41.3 Å². The van der Waals surface area contributed by atoms with Crippen molar-refractivity contribution in [2.45, 2.75) is 81.8 Å².